The van der Waals surface area contributed by atoms with Crippen molar-refractivity contribution < 1.29 is 14.6 Å². The minimum atomic E-state index is -0.695. The second-order valence-corrected chi connectivity index (χ2v) is 6.02. The molecular formula is C13H17N5O3. The van der Waals surface area contributed by atoms with E-state index in [0.717, 1.165) is 0 Å². The molecule has 1 saturated heterocycles. The molecule has 3 N–H and O–H groups in total. The van der Waals surface area contributed by atoms with Crippen LogP contribution in [0.25, 0.3) is 11.2 Å². The van der Waals surface area contributed by atoms with Gasteiger partial charge in [-0.3, -0.25) is 0 Å². The molecular weight excluding hydrogens is 274 g/mol. The van der Waals surface area contributed by atoms with Crippen LogP contribution in [0.2, 0.25) is 0 Å². The molecule has 0 radical (unpaired) electrons. The summed E-state index contributed by atoms with van der Waals surface area (Å²) in [5.74, 6) is -0.350. The van der Waals surface area contributed by atoms with Crippen LogP contribution >= 0.6 is 0 Å². The van der Waals surface area contributed by atoms with Gasteiger partial charge in [-0.2, -0.15) is 0 Å². The lowest BCUT2D eigenvalue weighted by molar-refractivity contribution is -0.165. The molecule has 4 rings (SSSR count). The molecule has 1 saturated carbocycles. The van der Waals surface area contributed by atoms with Gasteiger partial charge in [0, 0.05) is 0 Å². The van der Waals surface area contributed by atoms with E-state index in [-0.39, 0.29) is 18.2 Å². The third-order valence-electron chi connectivity index (χ3n) is 4.15. The number of rotatable bonds is 1. The fourth-order valence-corrected chi connectivity index (χ4v) is 3.31. The number of nitrogens with two attached hydrogens (primary N) is 1. The molecule has 2 fully saturated rings. The summed E-state index contributed by atoms with van der Waals surface area (Å²) in [6, 6.07) is -0.0916. The first-order chi connectivity index (χ1) is 9.96. The van der Waals surface area contributed by atoms with Gasteiger partial charge in [0.1, 0.15) is 24.1 Å². The quantitative estimate of drug-likeness (QED) is 0.774. The lowest BCUT2D eigenvalue weighted by Crippen LogP contribution is -2.28. The van der Waals surface area contributed by atoms with E-state index in [1.807, 2.05) is 18.4 Å². The number of ether oxygens (including phenoxy) is 2. The molecule has 0 amide bonds. The van der Waals surface area contributed by atoms with E-state index >= 15 is 0 Å². The summed E-state index contributed by atoms with van der Waals surface area (Å²) in [5, 5.41) is 10.2. The van der Waals surface area contributed by atoms with Crippen molar-refractivity contribution >= 4 is 17.0 Å². The number of hydrogen-bond donors (Lipinski definition) is 2. The highest BCUT2D eigenvalue weighted by Gasteiger charge is 2.54. The van der Waals surface area contributed by atoms with Gasteiger partial charge in [0.25, 0.3) is 0 Å². The fourth-order valence-electron chi connectivity index (χ4n) is 3.31. The molecule has 3 heterocycles. The van der Waals surface area contributed by atoms with Crippen LogP contribution in [0, 0.1) is 0 Å². The number of aliphatic hydroxyl groups is 1. The summed E-state index contributed by atoms with van der Waals surface area (Å²) in [5.41, 5.74) is 7.02. The van der Waals surface area contributed by atoms with E-state index in [9.17, 15) is 5.11 Å². The summed E-state index contributed by atoms with van der Waals surface area (Å²) >= 11 is 0. The summed E-state index contributed by atoms with van der Waals surface area (Å²) in [4.78, 5) is 12.5. The van der Waals surface area contributed by atoms with Gasteiger partial charge in [-0.15, -0.1) is 0 Å². The molecule has 2 aromatic rings. The molecule has 0 aromatic carbocycles. The van der Waals surface area contributed by atoms with E-state index in [2.05, 4.69) is 15.0 Å². The minimum absolute atomic E-state index is 0.0916. The second-order valence-electron chi connectivity index (χ2n) is 6.02. The lowest BCUT2D eigenvalue weighted by atomic mass is 10.2. The first kappa shape index (κ1) is 12.9. The molecule has 8 heteroatoms. The SMILES string of the molecule is CC1(C)OC2C(O)CC(n3cnc4c(N)ncnc43)C2O1. The smallest absolute Gasteiger partial charge is 0.165 e. The monoisotopic (exact) mass is 291 g/mol. The van der Waals surface area contributed by atoms with Crippen LogP contribution in [-0.2, 0) is 9.47 Å². The Morgan fingerprint density at radius 3 is 2.86 bits per heavy atom. The van der Waals surface area contributed by atoms with E-state index < -0.39 is 11.9 Å². The molecule has 1 aliphatic carbocycles. The van der Waals surface area contributed by atoms with Crippen LogP contribution in [0.4, 0.5) is 5.82 Å². The molecule has 112 valence electrons. The fraction of sp³-hybridized carbons (Fsp3) is 0.615. The van der Waals surface area contributed by atoms with Crippen molar-refractivity contribution in [2.45, 2.75) is 50.4 Å². The largest absolute Gasteiger partial charge is 0.390 e. The highest BCUT2D eigenvalue weighted by molar-refractivity contribution is 5.81. The number of nitrogen functional groups attached to an aromatic ring is 1. The first-order valence-electron chi connectivity index (χ1n) is 6.93. The topological polar surface area (TPSA) is 108 Å². The molecule has 1 aliphatic heterocycles. The van der Waals surface area contributed by atoms with Crippen LogP contribution in [0.1, 0.15) is 26.3 Å². The molecule has 2 aromatic heterocycles. The molecule has 4 atom stereocenters. The predicted octanol–water partition coefficient (Wildman–Crippen LogP) is 0.234. The Labute approximate surface area is 120 Å². The maximum atomic E-state index is 10.2. The molecule has 4 unspecified atom stereocenters. The van der Waals surface area contributed by atoms with E-state index in [1.165, 1.54) is 6.33 Å². The van der Waals surface area contributed by atoms with Crippen molar-refractivity contribution in [1.29, 1.82) is 0 Å². The summed E-state index contributed by atoms with van der Waals surface area (Å²) in [7, 11) is 0. The van der Waals surface area contributed by atoms with Gasteiger partial charge in [-0.25, -0.2) is 15.0 Å². The molecule has 0 bridgehead atoms. The maximum absolute atomic E-state index is 10.2. The second kappa shape index (κ2) is 4.12. The normalized spacial score (nSPS) is 34.4. The summed E-state index contributed by atoms with van der Waals surface area (Å²) in [6.07, 6.45) is 2.48. The van der Waals surface area contributed by atoms with Crippen LogP contribution in [0.15, 0.2) is 12.7 Å². The van der Waals surface area contributed by atoms with Crippen molar-refractivity contribution in [3.63, 3.8) is 0 Å². The zero-order valence-electron chi connectivity index (χ0n) is 11.8. The summed E-state index contributed by atoms with van der Waals surface area (Å²) in [6.45, 7) is 3.70. The Hall–Kier alpha value is -1.77. The van der Waals surface area contributed by atoms with Crippen LogP contribution in [0.5, 0.6) is 0 Å². The van der Waals surface area contributed by atoms with Crippen molar-refractivity contribution in [2.24, 2.45) is 0 Å². The van der Waals surface area contributed by atoms with Gasteiger partial charge in [-0.05, 0) is 20.3 Å². The van der Waals surface area contributed by atoms with Gasteiger partial charge in [0.2, 0.25) is 0 Å². The van der Waals surface area contributed by atoms with E-state index in [1.54, 1.807) is 6.33 Å². The highest BCUT2D eigenvalue weighted by Crippen LogP contribution is 2.44. The van der Waals surface area contributed by atoms with Crippen LogP contribution < -0.4 is 5.73 Å². The lowest BCUT2D eigenvalue weighted by Gasteiger charge is -2.23. The number of aromatic nitrogens is 4. The van der Waals surface area contributed by atoms with Gasteiger partial charge < -0.3 is 24.9 Å². The first-order valence-corrected chi connectivity index (χ1v) is 6.93. The number of aliphatic hydroxyl groups excluding tert-OH is 1. The average Bonchev–Trinajstić information content (AvgIpc) is 3.04. The van der Waals surface area contributed by atoms with E-state index in [0.29, 0.717) is 23.4 Å². The number of hydrogen-bond acceptors (Lipinski definition) is 7. The Bertz CT molecular complexity index is 700. The standard InChI is InChI=1S/C13H17N5O3/c1-13(2)20-9-6(3-7(19)10(9)21-13)18-5-17-8-11(14)15-4-16-12(8)18/h4-7,9-10,19H,3H2,1-2H3,(H2,14,15,16). The third-order valence-corrected chi connectivity index (χ3v) is 4.15. The Morgan fingerprint density at radius 1 is 1.29 bits per heavy atom. The Kier molecular flexibility index (Phi) is 2.54. The molecule has 2 aliphatic rings. The highest BCUT2D eigenvalue weighted by atomic mass is 16.8. The van der Waals surface area contributed by atoms with Gasteiger partial charge in [0.15, 0.2) is 17.3 Å². The Balaban J connectivity index is 1.77. The van der Waals surface area contributed by atoms with Crippen molar-refractivity contribution in [2.75, 3.05) is 5.73 Å². The average molecular weight is 291 g/mol. The zero-order chi connectivity index (χ0) is 14.8. The molecule has 21 heavy (non-hydrogen) atoms. The number of fused-ring (bicyclic) bond motifs is 2. The molecule has 0 spiro atoms. The van der Waals surface area contributed by atoms with Gasteiger partial charge in [-0.1, -0.05) is 0 Å². The summed E-state index contributed by atoms with van der Waals surface area (Å²) < 4.78 is 13.6. The van der Waals surface area contributed by atoms with Crippen LogP contribution in [-0.4, -0.2) is 48.7 Å². The zero-order valence-corrected chi connectivity index (χ0v) is 11.8. The van der Waals surface area contributed by atoms with E-state index in [4.69, 9.17) is 15.2 Å². The maximum Gasteiger partial charge on any atom is 0.165 e. The Morgan fingerprint density at radius 2 is 2.05 bits per heavy atom. The van der Waals surface area contributed by atoms with Crippen molar-refractivity contribution in [3.8, 4) is 0 Å². The number of anilines is 1. The van der Waals surface area contributed by atoms with Crippen LogP contribution in [0.3, 0.4) is 0 Å². The van der Waals surface area contributed by atoms with Crippen molar-refractivity contribution in [1.82, 2.24) is 19.5 Å². The number of nitrogens with zero attached hydrogens (tertiary/aromatic N) is 4. The molecule has 8 nitrogen and oxygen atoms in total. The third kappa shape index (κ3) is 1.83. The predicted molar refractivity (Wildman–Crippen MR) is 73.2 cm³/mol. The minimum Gasteiger partial charge on any atom is -0.390 e. The number of imidazole rings is 1. The van der Waals surface area contributed by atoms with Gasteiger partial charge >= 0.3 is 0 Å². The van der Waals surface area contributed by atoms with Gasteiger partial charge in [0.05, 0.1) is 18.5 Å². The van der Waals surface area contributed by atoms with Crippen molar-refractivity contribution in [3.05, 3.63) is 12.7 Å².